The molecule has 1 saturated heterocycles. The fourth-order valence-corrected chi connectivity index (χ4v) is 5.51. The van der Waals surface area contributed by atoms with Crippen molar-refractivity contribution < 1.29 is 27.5 Å². The van der Waals surface area contributed by atoms with E-state index in [1.807, 2.05) is 0 Å². The van der Waals surface area contributed by atoms with Crippen LogP contribution in [0.4, 0.5) is 8.78 Å². The van der Waals surface area contributed by atoms with Crippen molar-refractivity contribution in [3.8, 4) is 0 Å². The molecule has 0 amide bonds. The van der Waals surface area contributed by atoms with Gasteiger partial charge >= 0.3 is 5.97 Å². The molecule has 3 atom stereocenters. The Morgan fingerprint density at radius 2 is 1.84 bits per heavy atom. The van der Waals surface area contributed by atoms with Crippen LogP contribution in [0.5, 0.6) is 0 Å². The summed E-state index contributed by atoms with van der Waals surface area (Å²) < 4.78 is 49.1. The maximum Gasteiger partial charge on any atom is 0.311 e. The van der Waals surface area contributed by atoms with Crippen LogP contribution in [0, 0.1) is 17.0 Å². The van der Waals surface area contributed by atoms with Gasteiger partial charge in [-0.1, -0.05) is 26.8 Å². The summed E-state index contributed by atoms with van der Waals surface area (Å²) in [6, 6.07) is 3.77. The van der Waals surface area contributed by atoms with Crippen molar-refractivity contribution in [2.24, 2.45) is 5.41 Å². The summed E-state index contributed by atoms with van der Waals surface area (Å²) in [4.78, 5) is 17.7. The van der Waals surface area contributed by atoms with Crippen molar-refractivity contribution >= 4 is 30.2 Å². The molecule has 0 radical (unpaired) electrons. The Labute approximate surface area is 233 Å². The maximum absolute atomic E-state index is 14.4. The van der Waals surface area contributed by atoms with Gasteiger partial charge in [-0.2, -0.15) is 0 Å². The summed E-state index contributed by atoms with van der Waals surface area (Å²) in [6.45, 7) is 16.4. The van der Waals surface area contributed by atoms with Crippen LogP contribution in [0.3, 0.4) is 0 Å². The smallest absolute Gasteiger partial charge is 0.311 e. The van der Waals surface area contributed by atoms with Crippen molar-refractivity contribution in [3.63, 3.8) is 0 Å². The summed E-state index contributed by atoms with van der Waals surface area (Å²) >= 11 is 3.37. The Balaban J connectivity index is 2.09. The highest BCUT2D eigenvalue weighted by Crippen LogP contribution is 2.43. The number of carbonyl (C=O) groups is 1. The summed E-state index contributed by atoms with van der Waals surface area (Å²) in [5, 5.41) is 4.36. The summed E-state index contributed by atoms with van der Waals surface area (Å²) in [5.74, 6) is -1.91. The van der Waals surface area contributed by atoms with E-state index in [1.54, 1.807) is 25.5 Å². The second-order valence-corrected chi connectivity index (χ2v) is 17.9. The molecule has 2 aromatic rings. The Bertz CT molecular complexity index is 1120. The van der Waals surface area contributed by atoms with Crippen molar-refractivity contribution in [1.29, 1.82) is 0 Å². The molecule has 0 aliphatic carbocycles. The lowest BCUT2D eigenvalue weighted by Gasteiger charge is -2.40. The topological polar surface area (TPSA) is 75.5 Å². The summed E-state index contributed by atoms with van der Waals surface area (Å²) in [5.41, 5.74) is -0.316. The molecule has 3 unspecified atom stereocenters. The van der Waals surface area contributed by atoms with Crippen LogP contribution >= 0.6 is 15.9 Å². The molecule has 212 valence electrons. The zero-order chi connectivity index (χ0) is 28.5. The molecule has 7 nitrogen and oxygen atoms in total. The first-order chi connectivity index (χ1) is 17.5. The number of esters is 1. The van der Waals surface area contributed by atoms with Crippen LogP contribution in [-0.2, 0) is 18.7 Å². The van der Waals surface area contributed by atoms with Crippen molar-refractivity contribution in [2.45, 2.75) is 104 Å². The molecule has 1 aromatic heterocycles. The van der Waals surface area contributed by atoms with Gasteiger partial charge in [0.1, 0.15) is 0 Å². The molecule has 0 bridgehead atoms. The largest absolute Gasteiger partial charge is 0.454 e. The Morgan fingerprint density at radius 3 is 2.39 bits per heavy atom. The van der Waals surface area contributed by atoms with Gasteiger partial charge in [-0.3, -0.25) is 4.79 Å². The van der Waals surface area contributed by atoms with Gasteiger partial charge in [-0.15, -0.1) is 5.10 Å². The molecule has 0 N–H and O–H groups in total. The second kappa shape index (κ2) is 11.8. The average Bonchev–Trinajstić information content (AvgIpc) is 3.20. The van der Waals surface area contributed by atoms with E-state index in [0.29, 0.717) is 22.7 Å². The minimum atomic E-state index is -2.40. The molecule has 2 heterocycles. The fraction of sp³-hybridized carbons (Fsp3) is 0.667. The van der Waals surface area contributed by atoms with E-state index in [9.17, 15) is 13.6 Å². The first-order valence-corrected chi connectivity index (χ1v) is 16.8. The standard InChI is InChI=1S/C27H40BrF2N3O4Si/c1-26(2,3)24(34)36-21(23-31-25(28)32-33(23)22-11-9-10-14-35-22)16-20(37-38(7,8)27(4,5)6)17-12-13-18(29)19(30)15-17/h12-13,15,20-22H,9-11,14,16H2,1-8H3. The van der Waals surface area contributed by atoms with Crippen LogP contribution in [0.2, 0.25) is 18.1 Å². The van der Waals surface area contributed by atoms with E-state index >= 15 is 0 Å². The number of rotatable bonds is 8. The minimum Gasteiger partial charge on any atom is -0.454 e. The fourth-order valence-electron chi connectivity index (χ4n) is 3.86. The highest BCUT2D eigenvalue weighted by molar-refractivity contribution is 9.10. The molecule has 1 fully saturated rings. The van der Waals surface area contributed by atoms with Crippen molar-refractivity contribution in [2.75, 3.05) is 6.61 Å². The first-order valence-electron chi connectivity index (χ1n) is 13.1. The predicted molar refractivity (Wildman–Crippen MR) is 147 cm³/mol. The van der Waals surface area contributed by atoms with Gasteiger partial charge in [0, 0.05) is 13.0 Å². The SMILES string of the molecule is CC(C)(C)C(=O)OC(CC(O[Si](C)(C)C(C)(C)C)c1ccc(F)c(F)c1)c1nc(Br)nn1C1CCCCO1. The lowest BCUT2D eigenvalue weighted by molar-refractivity contribution is -0.161. The zero-order valence-corrected chi connectivity index (χ0v) is 26.2. The molecule has 11 heteroatoms. The number of ether oxygens (including phenoxy) is 2. The number of benzene rings is 1. The highest BCUT2D eigenvalue weighted by atomic mass is 79.9. The Kier molecular flexibility index (Phi) is 9.59. The molecule has 3 rings (SSSR count). The van der Waals surface area contributed by atoms with Gasteiger partial charge in [0.05, 0.1) is 11.5 Å². The molecule has 1 aliphatic rings. The number of aromatic nitrogens is 3. The van der Waals surface area contributed by atoms with Crippen LogP contribution in [0.1, 0.15) is 97.0 Å². The number of hydrogen-bond donors (Lipinski definition) is 0. The van der Waals surface area contributed by atoms with Crippen LogP contribution in [0.25, 0.3) is 0 Å². The van der Waals surface area contributed by atoms with Gasteiger partial charge in [-0.25, -0.2) is 18.4 Å². The number of carbonyl (C=O) groups excluding carboxylic acids is 1. The van der Waals surface area contributed by atoms with Crippen molar-refractivity contribution in [3.05, 3.63) is 46.0 Å². The summed E-state index contributed by atoms with van der Waals surface area (Å²) in [6.07, 6.45) is 0.890. The highest BCUT2D eigenvalue weighted by Gasteiger charge is 2.42. The van der Waals surface area contributed by atoms with E-state index in [0.717, 1.165) is 31.4 Å². The molecular weight excluding hydrogens is 576 g/mol. The monoisotopic (exact) mass is 615 g/mol. The summed E-state index contributed by atoms with van der Waals surface area (Å²) in [7, 11) is -2.40. The number of nitrogens with zero attached hydrogens (tertiary/aromatic N) is 3. The predicted octanol–water partition coefficient (Wildman–Crippen LogP) is 7.80. The van der Waals surface area contributed by atoms with Crippen LogP contribution < -0.4 is 0 Å². The van der Waals surface area contributed by atoms with Gasteiger partial charge in [0.25, 0.3) is 0 Å². The number of hydrogen-bond acceptors (Lipinski definition) is 6. The van der Waals surface area contributed by atoms with E-state index in [-0.39, 0.29) is 17.7 Å². The van der Waals surface area contributed by atoms with E-state index in [1.165, 1.54) is 6.07 Å². The third-order valence-corrected chi connectivity index (χ3v) is 12.0. The molecular formula is C27H40BrF2N3O4Si. The van der Waals surface area contributed by atoms with E-state index in [2.05, 4.69) is 59.9 Å². The van der Waals surface area contributed by atoms with Gasteiger partial charge in [0.15, 0.2) is 38.1 Å². The van der Waals surface area contributed by atoms with Gasteiger partial charge in [-0.05, 0) is 91.8 Å². The molecule has 1 aliphatic heterocycles. The van der Waals surface area contributed by atoms with Gasteiger partial charge in [0.2, 0.25) is 4.73 Å². The molecule has 0 saturated carbocycles. The third kappa shape index (κ3) is 7.48. The first kappa shape index (κ1) is 30.8. The third-order valence-electron chi connectivity index (χ3n) is 7.20. The van der Waals surface area contributed by atoms with Crippen LogP contribution in [0.15, 0.2) is 22.9 Å². The molecule has 1 aromatic carbocycles. The molecule has 38 heavy (non-hydrogen) atoms. The lowest BCUT2D eigenvalue weighted by Crippen LogP contribution is -2.42. The Morgan fingerprint density at radius 1 is 1.16 bits per heavy atom. The van der Waals surface area contributed by atoms with Crippen LogP contribution in [-0.4, -0.2) is 35.7 Å². The second-order valence-electron chi connectivity index (χ2n) is 12.4. The Hall–Kier alpha value is -1.69. The maximum atomic E-state index is 14.4. The minimum absolute atomic E-state index is 0.136. The quantitative estimate of drug-likeness (QED) is 0.223. The lowest BCUT2D eigenvalue weighted by atomic mass is 9.97. The van der Waals surface area contributed by atoms with E-state index < -0.39 is 43.5 Å². The van der Waals surface area contributed by atoms with E-state index in [4.69, 9.17) is 13.9 Å². The normalized spacial score (nSPS) is 18.8. The van der Waals surface area contributed by atoms with Crippen molar-refractivity contribution in [1.82, 2.24) is 14.8 Å². The molecule has 0 spiro atoms. The zero-order valence-electron chi connectivity index (χ0n) is 23.6. The average molecular weight is 617 g/mol. The van der Waals surface area contributed by atoms with Gasteiger partial charge < -0.3 is 13.9 Å². The number of halogens is 3.